The van der Waals surface area contributed by atoms with Crippen molar-refractivity contribution in [3.63, 3.8) is 0 Å². The summed E-state index contributed by atoms with van der Waals surface area (Å²) in [6.45, 7) is 12.9. The van der Waals surface area contributed by atoms with Crippen LogP contribution in [0.15, 0.2) is 42.5 Å². The fraction of sp³-hybridized carbons (Fsp3) is 0.435. The number of hydrogen-bond donors (Lipinski definition) is 1. The number of amides is 1. The molecule has 0 heterocycles. The second-order valence-corrected chi connectivity index (χ2v) is 8.90. The van der Waals surface area contributed by atoms with Gasteiger partial charge in [0.1, 0.15) is 0 Å². The topological polar surface area (TPSA) is 29.1 Å². The lowest BCUT2D eigenvalue weighted by Gasteiger charge is -2.21. The van der Waals surface area contributed by atoms with Gasteiger partial charge in [0, 0.05) is 0 Å². The lowest BCUT2D eigenvalue weighted by atomic mass is 9.96. The Kier molecular flexibility index (Phi) is 9.35. The van der Waals surface area contributed by atoms with Gasteiger partial charge in [0.05, 0.1) is 21.7 Å². The van der Waals surface area contributed by atoms with Gasteiger partial charge in [0.2, 0.25) is 0 Å². The van der Waals surface area contributed by atoms with E-state index in [4.69, 9.17) is 23.2 Å². The zero-order valence-corrected chi connectivity index (χ0v) is 18.7. The highest BCUT2D eigenvalue weighted by Gasteiger charge is 2.20. The van der Waals surface area contributed by atoms with E-state index < -0.39 is 0 Å². The molecule has 1 amide bonds. The molecule has 2 aromatic rings. The molecule has 4 heteroatoms. The molecule has 27 heavy (non-hydrogen) atoms. The Balaban J connectivity index is 0.000000646. The molecule has 2 rings (SSSR count). The van der Waals surface area contributed by atoms with E-state index in [1.165, 1.54) is 5.56 Å². The lowest BCUT2D eigenvalue weighted by molar-refractivity contribution is 0.0935. The smallest absolute Gasteiger partial charge is 0.254 e. The van der Waals surface area contributed by atoms with E-state index in [0.29, 0.717) is 21.0 Å². The third-order valence-corrected chi connectivity index (χ3v) is 4.34. The zero-order chi connectivity index (χ0) is 20.6. The van der Waals surface area contributed by atoms with Gasteiger partial charge in [-0.25, -0.2) is 0 Å². The van der Waals surface area contributed by atoms with Crippen LogP contribution in [0.2, 0.25) is 10.0 Å². The summed E-state index contributed by atoms with van der Waals surface area (Å²) < 4.78 is 0. The summed E-state index contributed by atoms with van der Waals surface area (Å²) in [5.41, 5.74) is 3.21. The Bertz CT molecular complexity index is 724. The van der Waals surface area contributed by atoms with Crippen molar-refractivity contribution in [2.24, 2.45) is 5.41 Å². The van der Waals surface area contributed by atoms with Crippen molar-refractivity contribution < 1.29 is 4.79 Å². The third kappa shape index (κ3) is 7.94. The van der Waals surface area contributed by atoms with Crippen LogP contribution in [0.25, 0.3) is 0 Å². The zero-order valence-electron chi connectivity index (χ0n) is 17.2. The monoisotopic (exact) mass is 407 g/mol. The van der Waals surface area contributed by atoms with Gasteiger partial charge in [-0.15, -0.1) is 0 Å². The molecule has 0 saturated carbocycles. The molecule has 0 spiro atoms. The van der Waals surface area contributed by atoms with Crippen LogP contribution in [0.1, 0.15) is 75.5 Å². The highest BCUT2D eigenvalue weighted by atomic mass is 35.5. The van der Waals surface area contributed by atoms with E-state index in [1.807, 2.05) is 19.1 Å². The molecule has 1 unspecified atom stereocenters. The summed E-state index contributed by atoms with van der Waals surface area (Å²) >= 11 is 12.2. The van der Waals surface area contributed by atoms with E-state index in [2.05, 4.69) is 52.1 Å². The Hall–Kier alpha value is -1.51. The molecular weight excluding hydrogens is 377 g/mol. The molecular formula is C23H31Cl2NO. The minimum atomic E-state index is -0.242. The third-order valence-electron chi connectivity index (χ3n) is 3.71. The van der Waals surface area contributed by atoms with Crippen molar-refractivity contribution in [1.29, 1.82) is 0 Å². The molecule has 0 fully saturated rings. The summed E-state index contributed by atoms with van der Waals surface area (Å²) in [6.07, 6.45) is 1.72. The molecule has 0 saturated heterocycles. The number of nitrogens with one attached hydrogen (secondary N) is 1. The second kappa shape index (κ2) is 10.7. The normalized spacial score (nSPS) is 12.0. The molecule has 0 aliphatic rings. The van der Waals surface area contributed by atoms with Crippen molar-refractivity contribution in [1.82, 2.24) is 5.32 Å². The molecule has 0 bridgehead atoms. The predicted octanol–water partition coefficient (Wildman–Crippen LogP) is 7.49. The Labute approximate surface area is 174 Å². The first-order chi connectivity index (χ1) is 12.6. The Morgan fingerprint density at radius 3 is 1.96 bits per heavy atom. The van der Waals surface area contributed by atoms with Gasteiger partial charge in [-0.2, -0.15) is 0 Å². The van der Waals surface area contributed by atoms with Gasteiger partial charge in [0.25, 0.3) is 5.91 Å². The first-order valence-corrected chi connectivity index (χ1v) is 10.2. The quantitative estimate of drug-likeness (QED) is 0.546. The van der Waals surface area contributed by atoms with Gasteiger partial charge in [-0.1, -0.05) is 95.1 Å². The SMILES string of the molecule is CC(C)(C)C.CCc1ccccc1C(CC)NC(=O)c1c(Cl)cccc1Cl. The van der Waals surface area contributed by atoms with Gasteiger partial charge in [0.15, 0.2) is 0 Å². The molecule has 148 valence electrons. The maximum atomic E-state index is 12.5. The number of benzene rings is 2. The average molecular weight is 408 g/mol. The number of aryl methyl sites for hydroxylation is 1. The van der Waals surface area contributed by atoms with Crippen LogP contribution in [0.5, 0.6) is 0 Å². The first kappa shape index (κ1) is 23.5. The van der Waals surface area contributed by atoms with Crippen molar-refractivity contribution in [2.45, 2.75) is 60.4 Å². The number of carbonyl (C=O) groups excluding carboxylic acids is 1. The maximum Gasteiger partial charge on any atom is 0.254 e. The van der Waals surface area contributed by atoms with Gasteiger partial charge < -0.3 is 5.32 Å². The van der Waals surface area contributed by atoms with Crippen molar-refractivity contribution in [3.8, 4) is 0 Å². The van der Waals surface area contributed by atoms with Crippen molar-refractivity contribution >= 4 is 29.1 Å². The van der Waals surface area contributed by atoms with Crippen LogP contribution in [-0.4, -0.2) is 5.91 Å². The molecule has 0 radical (unpaired) electrons. The number of rotatable bonds is 5. The maximum absolute atomic E-state index is 12.5. The van der Waals surface area contributed by atoms with Crippen LogP contribution >= 0.6 is 23.2 Å². The highest BCUT2D eigenvalue weighted by Crippen LogP contribution is 2.27. The summed E-state index contributed by atoms with van der Waals surface area (Å²) in [5, 5.41) is 3.78. The number of halogens is 2. The van der Waals surface area contributed by atoms with Crippen LogP contribution in [0.3, 0.4) is 0 Å². The van der Waals surface area contributed by atoms with Crippen molar-refractivity contribution in [2.75, 3.05) is 0 Å². The minimum Gasteiger partial charge on any atom is -0.345 e. The van der Waals surface area contributed by atoms with E-state index in [9.17, 15) is 4.79 Å². The minimum absolute atomic E-state index is 0.0593. The van der Waals surface area contributed by atoms with Gasteiger partial charge >= 0.3 is 0 Å². The fourth-order valence-electron chi connectivity index (χ4n) is 2.54. The van der Waals surface area contributed by atoms with Gasteiger partial charge in [-0.3, -0.25) is 4.79 Å². The van der Waals surface area contributed by atoms with Crippen LogP contribution < -0.4 is 5.32 Å². The van der Waals surface area contributed by atoms with E-state index in [-0.39, 0.29) is 11.9 Å². The number of carbonyl (C=O) groups is 1. The first-order valence-electron chi connectivity index (χ1n) is 9.41. The van der Waals surface area contributed by atoms with Crippen LogP contribution in [0, 0.1) is 5.41 Å². The predicted molar refractivity (Wildman–Crippen MR) is 118 cm³/mol. The Morgan fingerprint density at radius 2 is 1.48 bits per heavy atom. The van der Waals surface area contributed by atoms with E-state index >= 15 is 0 Å². The molecule has 1 N–H and O–H groups in total. The lowest BCUT2D eigenvalue weighted by Crippen LogP contribution is -2.29. The van der Waals surface area contributed by atoms with Crippen LogP contribution in [-0.2, 0) is 6.42 Å². The molecule has 2 aromatic carbocycles. The molecule has 1 atom stereocenters. The summed E-state index contributed by atoms with van der Waals surface area (Å²) in [4.78, 5) is 12.5. The van der Waals surface area contributed by atoms with Crippen molar-refractivity contribution in [3.05, 3.63) is 69.2 Å². The highest BCUT2D eigenvalue weighted by molar-refractivity contribution is 6.39. The number of hydrogen-bond acceptors (Lipinski definition) is 1. The molecule has 0 aromatic heterocycles. The fourth-order valence-corrected chi connectivity index (χ4v) is 3.11. The summed E-state index contributed by atoms with van der Waals surface area (Å²) in [6, 6.07) is 13.2. The molecule has 0 aliphatic carbocycles. The second-order valence-electron chi connectivity index (χ2n) is 8.08. The average Bonchev–Trinajstić information content (AvgIpc) is 2.58. The standard InChI is InChI=1S/C18H19Cl2NO.C5H12/c1-3-12-8-5-6-9-13(12)16(4-2)21-18(22)17-14(19)10-7-11-15(17)20;1-5(2,3)4/h5-11,16H,3-4H2,1-2H3,(H,21,22);1-4H3. The summed E-state index contributed by atoms with van der Waals surface area (Å²) in [5.74, 6) is -0.242. The van der Waals surface area contributed by atoms with Gasteiger partial charge in [-0.05, 0) is 41.5 Å². The van der Waals surface area contributed by atoms with Crippen LogP contribution in [0.4, 0.5) is 0 Å². The van der Waals surface area contributed by atoms with E-state index in [0.717, 1.165) is 18.4 Å². The largest absolute Gasteiger partial charge is 0.345 e. The Morgan fingerprint density at radius 1 is 0.963 bits per heavy atom. The van der Waals surface area contributed by atoms with E-state index in [1.54, 1.807) is 18.2 Å². The molecule has 0 aliphatic heterocycles. The molecule has 2 nitrogen and oxygen atoms in total. The summed E-state index contributed by atoms with van der Waals surface area (Å²) in [7, 11) is 0.